The predicted octanol–water partition coefficient (Wildman–Crippen LogP) is 2.55. The van der Waals surface area contributed by atoms with E-state index in [1.165, 1.54) is 0 Å². The second-order valence-corrected chi connectivity index (χ2v) is 4.57. The highest BCUT2D eigenvalue weighted by molar-refractivity contribution is 5.96. The van der Waals surface area contributed by atoms with Crippen molar-refractivity contribution in [3.63, 3.8) is 0 Å². The number of nitrogens with zero attached hydrogens (tertiary/aromatic N) is 1. The average molecular weight is 278 g/mol. The van der Waals surface area contributed by atoms with Crippen LogP contribution >= 0.6 is 0 Å². The molecule has 0 atom stereocenters. The van der Waals surface area contributed by atoms with Gasteiger partial charge in [-0.2, -0.15) is 0 Å². The summed E-state index contributed by atoms with van der Waals surface area (Å²) < 4.78 is 5.47. The first-order valence-corrected chi connectivity index (χ1v) is 7.45. The van der Waals surface area contributed by atoms with E-state index < -0.39 is 0 Å². The van der Waals surface area contributed by atoms with Crippen molar-refractivity contribution in [2.45, 2.75) is 27.2 Å². The van der Waals surface area contributed by atoms with Gasteiger partial charge in [-0.25, -0.2) is 0 Å². The molecule has 1 N–H and O–H groups in total. The Morgan fingerprint density at radius 1 is 1.20 bits per heavy atom. The van der Waals surface area contributed by atoms with Crippen LogP contribution in [0.3, 0.4) is 0 Å². The minimum absolute atomic E-state index is 0.0615. The van der Waals surface area contributed by atoms with E-state index in [-0.39, 0.29) is 5.91 Å². The van der Waals surface area contributed by atoms with Gasteiger partial charge < -0.3 is 15.0 Å². The lowest BCUT2D eigenvalue weighted by molar-refractivity contribution is 0.0948. The van der Waals surface area contributed by atoms with Crippen molar-refractivity contribution in [1.82, 2.24) is 10.2 Å². The summed E-state index contributed by atoms with van der Waals surface area (Å²) in [4.78, 5) is 14.5. The topological polar surface area (TPSA) is 41.6 Å². The van der Waals surface area contributed by atoms with Crippen molar-refractivity contribution in [3.05, 3.63) is 29.8 Å². The standard InChI is InChI=1S/C16H26N2O2/c1-4-18(5-2)13-9-12-17-16(19)14-10-7-8-11-15(14)20-6-3/h7-8,10-11H,4-6,9,12-13H2,1-3H3,(H,17,19). The third kappa shape index (κ3) is 5.21. The van der Waals surface area contributed by atoms with Crippen molar-refractivity contribution in [3.8, 4) is 5.75 Å². The summed E-state index contributed by atoms with van der Waals surface area (Å²) in [5.41, 5.74) is 0.609. The Morgan fingerprint density at radius 3 is 2.55 bits per heavy atom. The van der Waals surface area contributed by atoms with Crippen LogP contribution in [0.1, 0.15) is 37.6 Å². The summed E-state index contributed by atoms with van der Waals surface area (Å²) in [6, 6.07) is 7.36. The molecule has 112 valence electrons. The van der Waals surface area contributed by atoms with Gasteiger partial charge in [0.25, 0.3) is 5.91 Å². The van der Waals surface area contributed by atoms with Gasteiger partial charge in [0.2, 0.25) is 0 Å². The summed E-state index contributed by atoms with van der Waals surface area (Å²) >= 11 is 0. The molecule has 1 rings (SSSR count). The van der Waals surface area contributed by atoms with Gasteiger partial charge in [-0.1, -0.05) is 26.0 Å². The molecule has 1 aromatic rings. The largest absolute Gasteiger partial charge is 0.493 e. The second-order valence-electron chi connectivity index (χ2n) is 4.57. The van der Waals surface area contributed by atoms with Gasteiger partial charge in [0, 0.05) is 6.54 Å². The zero-order valence-corrected chi connectivity index (χ0v) is 12.8. The highest BCUT2D eigenvalue weighted by Gasteiger charge is 2.11. The predicted molar refractivity (Wildman–Crippen MR) is 82.3 cm³/mol. The van der Waals surface area contributed by atoms with Gasteiger partial charge in [0.1, 0.15) is 5.75 Å². The van der Waals surface area contributed by atoms with E-state index in [1.54, 1.807) is 6.07 Å². The molecule has 0 aliphatic rings. The first-order chi connectivity index (χ1) is 9.72. The lowest BCUT2D eigenvalue weighted by Crippen LogP contribution is -2.30. The van der Waals surface area contributed by atoms with Crippen molar-refractivity contribution in [2.24, 2.45) is 0 Å². The molecule has 0 fully saturated rings. The number of para-hydroxylation sites is 1. The molecule has 4 heteroatoms. The Kier molecular flexibility index (Phi) is 7.73. The summed E-state index contributed by atoms with van der Waals surface area (Å²) in [6.07, 6.45) is 0.963. The van der Waals surface area contributed by atoms with E-state index in [0.717, 1.165) is 26.1 Å². The van der Waals surface area contributed by atoms with Gasteiger partial charge in [-0.05, 0) is 45.1 Å². The molecule has 0 spiro atoms. The van der Waals surface area contributed by atoms with E-state index in [1.807, 2.05) is 25.1 Å². The molecule has 20 heavy (non-hydrogen) atoms. The summed E-state index contributed by atoms with van der Waals surface area (Å²) in [7, 11) is 0. The quantitative estimate of drug-likeness (QED) is 0.706. The van der Waals surface area contributed by atoms with Gasteiger partial charge in [-0.15, -0.1) is 0 Å². The zero-order valence-electron chi connectivity index (χ0n) is 12.8. The first-order valence-electron chi connectivity index (χ1n) is 7.45. The summed E-state index contributed by atoms with van der Waals surface area (Å²) in [5, 5.41) is 2.96. The van der Waals surface area contributed by atoms with Crippen LogP contribution in [-0.4, -0.2) is 43.6 Å². The summed E-state index contributed by atoms with van der Waals surface area (Å²) in [6.45, 7) is 10.6. The third-order valence-corrected chi connectivity index (χ3v) is 3.26. The third-order valence-electron chi connectivity index (χ3n) is 3.26. The molecule has 0 aliphatic carbocycles. The number of rotatable bonds is 9. The van der Waals surface area contributed by atoms with Crippen molar-refractivity contribution < 1.29 is 9.53 Å². The van der Waals surface area contributed by atoms with Crippen LogP contribution in [0.4, 0.5) is 0 Å². The van der Waals surface area contributed by atoms with E-state index in [9.17, 15) is 4.79 Å². The SMILES string of the molecule is CCOc1ccccc1C(=O)NCCCN(CC)CC. The maximum absolute atomic E-state index is 12.1. The van der Waals surface area contributed by atoms with Crippen LogP contribution in [-0.2, 0) is 0 Å². The van der Waals surface area contributed by atoms with Crippen molar-refractivity contribution in [1.29, 1.82) is 0 Å². The molecule has 0 bridgehead atoms. The molecule has 0 radical (unpaired) electrons. The number of ether oxygens (including phenoxy) is 1. The van der Waals surface area contributed by atoms with E-state index in [2.05, 4.69) is 24.1 Å². The Balaban J connectivity index is 2.43. The Labute approximate surface area is 122 Å². The Morgan fingerprint density at radius 2 is 1.90 bits per heavy atom. The first kappa shape index (κ1) is 16.5. The molecule has 1 amide bonds. The fourth-order valence-corrected chi connectivity index (χ4v) is 2.08. The van der Waals surface area contributed by atoms with Gasteiger partial charge >= 0.3 is 0 Å². The van der Waals surface area contributed by atoms with E-state index >= 15 is 0 Å². The normalized spacial score (nSPS) is 10.6. The molecular weight excluding hydrogens is 252 g/mol. The van der Waals surface area contributed by atoms with E-state index in [0.29, 0.717) is 24.5 Å². The zero-order chi connectivity index (χ0) is 14.8. The van der Waals surface area contributed by atoms with Crippen LogP contribution in [0.25, 0.3) is 0 Å². The van der Waals surface area contributed by atoms with Crippen molar-refractivity contribution >= 4 is 5.91 Å². The minimum Gasteiger partial charge on any atom is -0.493 e. The molecule has 4 nitrogen and oxygen atoms in total. The highest BCUT2D eigenvalue weighted by Crippen LogP contribution is 2.17. The Bertz CT molecular complexity index is 403. The monoisotopic (exact) mass is 278 g/mol. The molecule has 1 aromatic carbocycles. The number of benzene rings is 1. The highest BCUT2D eigenvalue weighted by atomic mass is 16.5. The molecule has 0 heterocycles. The van der Waals surface area contributed by atoms with E-state index in [4.69, 9.17) is 4.74 Å². The second kappa shape index (κ2) is 9.37. The van der Waals surface area contributed by atoms with Crippen molar-refractivity contribution in [2.75, 3.05) is 32.8 Å². The van der Waals surface area contributed by atoms with Crippen LogP contribution in [0.2, 0.25) is 0 Å². The molecule has 0 aromatic heterocycles. The van der Waals surface area contributed by atoms with Crippen LogP contribution in [0.15, 0.2) is 24.3 Å². The molecule has 0 saturated carbocycles. The summed E-state index contributed by atoms with van der Waals surface area (Å²) in [5.74, 6) is 0.588. The van der Waals surface area contributed by atoms with Crippen LogP contribution in [0.5, 0.6) is 5.75 Å². The molecule has 0 unspecified atom stereocenters. The fourth-order valence-electron chi connectivity index (χ4n) is 2.08. The number of carbonyl (C=O) groups is 1. The molecule has 0 aliphatic heterocycles. The minimum atomic E-state index is -0.0615. The van der Waals surface area contributed by atoms with Crippen LogP contribution in [0, 0.1) is 0 Å². The lowest BCUT2D eigenvalue weighted by atomic mass is 10.2. The number of nitrogens with one attached hydrogen (secondary N) is 1. The maximum atomic E-state index is 12.1. The van der Waals surface area contributed by atoms with Crippen LogP contribution < -0.4 is 10.1 Å². The van der Waals surface area contributed by atoms with Gasteiger partial charge in [0.05, 0.1) is 12.2 Å². The van der Waals surface area contributed by atoms with Gasteiger partial charge in [0.15, 0.2) is 0 Å². The number of carbonyl (C=O) groups excluding carboxylic acids is 1. The maximum Gasteiger partial charge on any atom is 0.255 e. The molecular formula is C16H26N2O2. The number of hydrogen-bond acceptors (Lipinski definition) is 3. The number of hydrogen-bond donors (Lipinski definition) is 1. The Hall–Kier alpha value is -1.55. The van der Waals surface area contributed by atoms with Gasteiger partial charge in [-0.3, -0.25) is 4.79 Å². The smallest absolute Gasteiger partial charge is 0.255 e. The number of amides is 1. The average Bonchev–Trinajstić information content (AvgIpc) is 2.48. The fraction of sp³-hybridized carbons (Fsp3) is 0.562. The lowest BCUT2D eigenvalue weighted by Gasteiger charge is -2.17. The molecule has 0 saturated heterocycles.